The van der Waals surface area contributed by atoms with Gasteiger partial charge in [-0.05, 0) is 37.2 Å². The van der Waals surface area contributed by atoms with Crippen LogP contribution in [0.1, 0.15) is 13.3 Å². The van der Waals surface area contributed by atoms with E-state index in [4.69, 9.17) is 9.47 Å². The highest BCUT2D eigenvalue weighted by molar-refractivity contribution is 5.91. The van der Waals surface area contributed by atoms with Gasteiger partial charge in [-0.3, -0.25) is 4.79 Å². The van der Waals surface area contributed by atoms with Crippen LogP contribution >= 0.6 is 0 Å². The van der Waals surface area contributed by atoms with Crippen LogP contribution in [0.2, 0.25) is 0 Å². The second-order valence-electron chi connectivity index (χ2n) is 4.08. The van der Waals surface area contributed by atoms with Crippen LogP contribution in [0.4, 0.5) is 5.69 Å². The summed E-state index contributed by atoms with van der Waals surface area (Å²) < 4.78 is 10.3. The normalized spacial score (nSPS) is 10.2. The molecule has 0 aliphatic rings. The third kappa shape index (κ3) is 6.79. The first kappa shape index (κ1) is 15.5. The lowest BCUT2D eigenvalue weighted by molar-refractivity contribution is -0.120. The minimum atomic E-state index is -0.152. The Morgan fingerprint density at radius 2 is 1.95 bits per heavy atom. The Labute approximate surface area is 114 Å². The molecule has 5 heteroatoms. The lowest BCUT2D eigenvalue weighted by atomic mass is 10.3. The van der Waals surface area contributed by atoms with Gasteiger partial charge in [0.1, 0.15) is 12.4 Å². The van der Waals surface area contributed by atoms with Gasteiger partial charge in [-0.2, -0.15) is 0 Å². The van der Waals surface area contributed by atoms with Gasteiger partial charge in [-0.15, -0.1) is 0 Å². The first-order chi connectivity index (χ1) is 9.26. The summed E-state index contributed by atoms with van der Waals surface area (Å²) in [7, 11) is 1.61. The number of rotatable bonds is 9. The summed E-state index contributed by atoms with van der Waals surface area (Å²) in [5.41, 5.74) is 0.735. The van der Waals surface area contributed by atoms with E-state index in [0.29, 0.717) is 6.61 Å². The van der Waals surface area contributed by atoms with Crippen LogP contribution in [0.5, 0.6) is 5.75 Å². The zero-order chi connectivity index (χ0) is 13.9. The molecule has 0 aliphatic carbocycles. The Balaban J connectivity index is 2.16. The first-order valence-electron chi connectivity index (χ1n) is 6.48. The van der Waals surface area contributed by atoms with E-state index in [1.165, 1.54) is 0 Å². The van der Waals surface area contributed by atoms with E-state index in [2.05, 4.69) is 17.6 Å². The van der Waals surface area contributed by atoms with Crippen molar-refractivity contribution in [1.29, 1.82) is 0 Å². The quantitative estimate of drug-likeness (QED) is 0.667. The number of benzene rings is 1. The highest BCUT2D eigenvalue weighted by Crippen LogP contribution is 2.14. The number of nitrogens with one attached hydrogen (secondary N) is 2. The monoisotopic (exact) mass is 266 g/mol. The lowest BCUT2D eigenvalue weighted by Crippen LogP contribution is -2.24. The fourth-order valence-electron chi connectivity index (χ4n) is 1.48. The van der Waals surface area contributed by atoms with E-state index in [9.17, 15) is 4.79 Å². The van der Waals surface area contributed by atoms with Crippen LogP contribution in [0.25, 0.3) is 0 Å². The first-order valence-corrected chi connectivity index (χ1v) is 6.48. The third-order valence-electron chi connectivity index (χ3n) is 2.46. The molecule has 0 fully saturated rings. The molecule has 0 saturated carbocycles. The molecule has 106 valence electrons. The number of amides is 1. The summed E-state index contributed by atoms with van der Waals surface area (Å²) in [6, 6.07) is 7.18. The summed E-state index contributed by atoms with van der Waals surface area (Å²) in [6.07, 6.45) is 1.10. The highest BCUT2D eigenvalue weighted by Gasteiger charge is 2.02. The van der Waals surface area contributed by atoms with Gasteiger partial charge in [0, 0.05) is 12.2 Å². The standard InChI is InChI=1S/C14H22N2O3/c1-3-8-15-9-10-19-11-14(17)16-12-4-6-13(18-2)7-5-12/h4-7,15H,3,8-11H2,1-2H3,(H,16,17). The fourth-order valence-corrected chi connectivity index (χ4v) is 1.48. The smallest absolute Gasteiger partial charge is 0.250 e. The molecule has 1 amide bonds. The molecule has 0 spiro atoms. The summed E-state index contributed by atoms with van der Waals surface area (Å²) in [6.45, 7) is 4.46. The molecule has 0 aliphatic heterocycles. The Hall–Kier alpha value is -1.59. The van der Waals surface area contributed by atoms with Crippen molar-refractivity contribution in [2.45, 2.75) is 13.3 Å². The minimum absolute atomic E-state index is 0.0693. The van der Waals surface area contributed by atoms with Crippen LogP contribution in [0, 0.1) is 0 Å². The average molecular weight is 266 g/mol. The van der Waals surface area contributed by atoms with E-state index in [1.807, 2.05) is 0 Å². The average Bonchev–Trinajstić information content (AvgIpc) is 2.43. The van der Waals surface area contributed by atoms with Crippen LogP contribution in [-0.2, 0) is 9.53 Å². The minimum Gasteiger partial charge on any atom is -0.497 e. The molecule has 5 nitrogen and oxygen atoms in total. The molecule has 2 N–H and O–H groups in total. The summed E-state index contributed by atoms with van der Waals surface area (Å²) in [5, 5.41) is 5.96. The van der Waals surface area contributed by atoms with Crippen LogP contribution < -0.4 is 15.4 Å². The van der Waals surface area contributed by atoms with Crippen molar-refractivity contribution in [1.82, 2.24) is 5.32 Å². The molecule has 0 atom stereocenters. The number of ether oxygens (including phenoxy) is 2. The third-order valence-corrected chi connectivity index (χ3v) is 2.46. The summed E-state index contributed by atoms with van der Waals surface area (Å²) >= 11 is 0. The molecule has 19 heavy (non-hydrogen) atoms. The number of hydrogen-bond acceptors (Lipinski definition) is 4. The fraction of sp³-hybridized carbons (Fsp3) is 0.500. The van der Waals surface area contributed by atoms with E-state index in [-0.39, 0.29) is 12.5 Å². The molecule has 0 bridgehead atoms. The zero-order valence-electron chi connectivity index (χ0n) is 11.6. The van der Waals surface area contributed by atoms with Crippen molar-refractivity contribution >= 4 is 11.6 Å². The predicted octanol–water partition coefficient (Wildman–Crippen LogP) is 1.65. The topological polar surface area (TPSA) is 59.6 Å². The van der Waals surface area contributed by atoms with Gasteiger partial charge in [0.05, 0.1) is 13.7 Å². The number of carbonyl (C=O) groups excluding carboxylic acids is 1. The number of hydrogen-bond donors (Lipinski definition) is 2. The van der Waals surface area contributed by atoms with Crippen molar-refractivity contribution < 1.29 is 14.3 Å². The molecule has 0 heterocycles. The van der Waals surface area contributed by atoms with Crippen molar-refractivity contribution in [3.63, 3.8) is 0 Å². The number of methoxy groups -OCH3 is 1. The maximum Gasteiger partial charge on any atom is 0.250 e. The van der Waals surface area contributed by atoms with Gasteiger partial charge >= 0.3 is 0 Å². The van der Waals surface area contributed by atoms with E-state index in [1.54, 1.807) is 31.4 Å². The number of anilines is 1. The molecule has 0 radical (unpaired) electrons. The van der Waals surface area contributed by atoms with E-state index in [0.717, 1.165) is 30.9 Å². The van der Waals surface area contributed by atoms with Gasteiger partial charge in [0.25, 0.3) is 0 Å². The van der Waals surface area contributed by atoms with E-state index < -0.39 is 0 Å². The molecule has 0 saturated heterocycles. The van der Waals surface area contributed by atoms with Gasteiger partial charge in [-0.1, -0.05) is 6.92 Å². The summed E-state index contributed by atoms with van der Waals surface area (Å²) in [4.78, 5) is 11.6. The molecule has 1 aromatic rings. The Kier molecular flexibility index (Phi) is 7.62. The Morgan fingerprint density at radius 1 is 1.21 bits per heavy atom. The number of carbonyl (C=O) groups is 1. The highest BCUT2D eigenvalue weighted by atomic mass is 16.5. The Bertz CT molecular complexity index is 365. The summed E-state index contributed by atoms with van der Waals surface area (Å²) in [5.74, 6) is 0.608. The Morgan fingerprint density at radius 3 is 2.58 bits per heavy atom. The van der Waals surface area contributed by atoms with Crippen LogP contribution in [-0.4, -0.2) is 39.3 Å². The maximum atomic E-state index is 11.6. The molecule has 0 unspecified atom stereocenters. The van der Waals surface area contributed by atoms with E-state index >= 15 is 0 Å². The van der Waals surface area contributed by atoms with Crippen LogP contribution in [0.15, 0.2) is 24.3 Å². The zero-order valence-corrected chi connectivity index (χ0v) is 11.6. The molecular formula is C14H22N2O3. The second kappa shape index (κ2) is 9.35. The van der Waals surface area contributed by atoms with Crippen molar-refractivity contribution in [3.05, 3.63) is 24.3 Å². The van der Waals surface area contributed by atoms with Gasteiger partial charge in [0.15, 0.2) is 0 Å². The molecule has 1 rings (SSSR count). The molecular weight excluding hydrogens is 244 g/mol. The molecule has 1 aromatic carbocycles. The maximum absolute atomic E-state index is 11.6. The van der Waals surface area contributed by atoms with Gasteiger partial charge < -0.3 is 20.1 Å². The van der Waals surface area contributed by atoms with Gasteiger partial charge in [0.2, 0.25) is 5.91 Å². The molecule has 0 aromatic heterocycles. The lowest BCUT2D eigenvalue weighted by Gasteiger charge is -2.07. The van der Waals surface area contributed by atoms with Crippen molar-refractivity contribution in [3.8, 4) is 5.75 Å². The van der Waals surface area contributed by atoms with Crippen LogP contribution in [0.3, 0.4) is 0 Å². The van der Waals surface area contributed by atoms with Crippen molar-refractivity contribution in [2.24, 2.45) is 0 Å². The van der Waals surface area contributed by atoms with Gasteiger partial charge in [-0.25, -0.2) is 0 Å². The SMILES string of the molecule is CCCNCCOCC(=O)Nc1ccc(OC)cc1. The largest absolute Gasteiger partial charge is 0.497 e. The van der Waals surface area contributed by atoms with Crippen molar-refractivity contribution in [2.75, 3.05) is 38.7 Å². The second-order valence-corrected chi connectivity index (χ2v) is 4.08. The predicted molar refractivity (Wildman–Crippen MR) is 75.6 cm³/mol.